The van der Waals surface area contributed by atoms with E-state index in [1.807, 2.05) is 6.07 Å². The van der Waals surface area contributed by atoms with Crippen LogP contribution in [0.25, 0.3) is 10.1 Å². The summed E-state index contributed by atoms with van der Waals surface area (Å²) in [6.07, 6.45) is 1.14. The molecule has 1 heterocycles. The monoisotopic (exact) mass is 308 g/mol. The van der Waals surface area contributed by atoms with Crippen molar-refractivity contribution in [2.75, 3.05) is 7.05 Å². The Balaban J connectivity index is 2.32. The SMILES string of the molecule is CC(C)CC(C)N(C)Cc1c(CN)sc2cccc(F)c12. The molecule has 2 N–H and O–H groups in total. The van der Waals surface area contributed by atoms with Crippen molar-refractivity contribution in [3.8, 4) is 0 Å². The van der Waals surface area contributed by atoms with Crippen LogP contribution in [-0.2, 0) is 13.1 Å². The fourth-order valence-electron chi connectivity index (χ4n) is 2.82. The Bertz CT molecular complexity index is 606. The van der Waals surface area contributed by atoms with Crippen molar-refractivity contribution in [3.63, 3.8) is 0 Å². The predicted octanol–water partition coefficient (Wildman–Crippen LogP) is 4.37. The van der Waals surface area contributed by atoms with E-state index >= 15 is 0 Å². The van der Waals surface area contributed by atoms with Crippen molar-refractivity contribution in [2.24, 2.45) is 11.7 Å². The van der Waals surface area contributed by atoms with Crippen LogP contribution in [-0.4, -0.2) is 18.0 Å². The number of hydrogen-bond donors (Lipinski definition) is 1. The van der Waals surface area contributed by atoms with Gasteiger partial charge in [0.25, 0.3) is 0 Å². The summed E-state index contributed by atoms with van der Waals surface area (Å²) < 4.78 is 15.2. The second-order valence-corrected chi connectivity index (χ2v) is 7.35. The maximum Gasteiger partial charge on any atom is 0.132 e. The van der Waals surface area contributed by atoms with Crippen LogP contribution in [0.3, 0.4) is 0 Å². The first-order valence-corrected chi connectivity index (χ1v) is 8.34. The standard InChI is InChI=1S/C17H25FN2S/c1-11(2)8-12(3)20(4)10-13-16(9-19)21-15-7-5-6-14(18)17(13)15/h5-7,11-12H,8-10,19H2,1-4H3. The average molecular weight is 308 g/mol. The number of hydrogen-bond acceptors (Lipinski definition) is 3. The topological polar surface area (TPSA) is 29.3 Å². The third-order valence-electron chi connectivity index (χ3n) is 4.00. The first kappa shape index (κ1) is 16.4. The minimum absolute atomic E-state index is 0.136. The van der Waals surface area contributed by atoms with E-state index in [1.165, 1.54) is 6.07 Å². The van der Waals surface area contributed by atoms with Gasteiger partial charge in [0.2, 0.25) is 0 Å². The van der Waals surface area contributed by atoms with E-state index in [1.54, 1.807) is 17.4 Å². The molecule has 116 valence electrons. The second kappa shape index (κ2) is 6.86. The van der Waals surface area contributed by atoms with Gasteiger partial charge in [0.15, 0.2) is 0 Å². The summed E-state index contributed by atoms with van der Waals surface area (Å²) in [5.41, 5.74) is 6.93. The average Bonchev–Trinajstić information content (AvgIpc) is 2.77. The third kappa shape index (κ3) is 3.62. The maximum absolute atomic E-state index is 14.2. The lowest BCUT2D eigenvalue weighted by molar-refractivity contribution is 0.221. The van der Waals surface area contributed by atoms with E-state index in [9.17, 15) is 4.39 Å². The van der Waals surface area contributed by atoms with Crippen molar-refractivity contribution in [3.05, 3.63) is 34.5 Å². The lowest BCUT2D eigenvalue weighted by atomic mass is 10.0. The molecule has 0 radical (unpaired) electrons. The van der Waals surface area contributed by atoms with Gasteiger partial charge in [-0.1, -0.05) is 19.9 Å². The molecule has 0 aliphatic rings. The zero-order valence-corrected chi connectivity index (χ0v) is 14.1. The molecule has 1 aromatic heterocycles. The molecule has 0 bridgehead atoms. The Hall–Kier alpha value is -0.970. The smallest absolute Gasteiger partial charge is 0.132 e. The summed E-state index contributed by atoms with van der Waals surface area (Å²) in [6.45, 7) is 7.92. The van der Waals surface area contributed by atoms with E-state index in [0.717, 1.165) is 33.5 Å². The molecule has 1 atom stereocenters. The summed E-state index contributed by atoms with van der Waals surface area (Å²) in [4.78, 5) is 3.39. The van der Waals surface area contributed by atoms with Gasteiger partial charge in [-0.15, -0.1) is 11.3 Å². The molecule has 2 aromatic rings. The number of nitrogens with two attached hydrogens (primary N) is 1. The van der Waals surface area contributed by atoms with Crippen LogP contribution in [0.1, 0.15) is 37.6 Å². The molecule has 0 spiro atoms. The molecule has 0 aliphatic carbocycles. The molecule has 1 unspecified atom stereocenters. The molecule has 0 fully saturated rings. The Kier molecular flexibility index (Phi) is 5.36. The van der Waals surface area contributed by atoms with Gasteiger partial charge in [-0.25, -0.2) is 4.39 Å². The zero-order valence-electron chi connectivity index (χ0n) is 13.3. The van der Waals surface area contributed by atoms with Gasteiger partial charge >= 0.3 is 0 Å². The summed E-state index contributed by atoms with van der Waals surface area (Å²) in [6, 6.07) is 5.75. The van der Waals surface area contributed by atoms with E-state index in [-0.39, 0.29) is 5.82 Å². The highest BCUT2D eigenvalue weighted by Gasteiger charge is 2.18. The van der Waals surface area contributed by atoms with Crippen molar-refractivity contribution in [2.45, 2.75) is 46.3 Å². The van der Waals surface area contributed by atoms with Crippen LogP contribution in [0.2, 0.25) is 0 Å². The number of thiophene rings is 1. The zero-order chi connectivity index (χ0) is 15.6. The highest BCUT2D eigenvalue weighted by atomic mass is 32.1. The molecular weight excluding hydrogens is 283 g/mol. The molecule has 0 saturated heterocycles. The number of fused-ring (bicyclic) bond motifs is 1. The first-order valence-electron chi connectivity index (χ1n) is 7.53. The van der Waals surface area contributed by atoms with Crippen LogP contribution >= 0.6 is 11.3 Å². The first-order chi connectivity index (χ1) is 9.93. The summed E-state index contributed by atoms with van der Waals surface area (Å²) in [5.74, 6) is 0.524. The van der Waals surface area contributed by atoms with Gasteiger partial charge in [0.1, 0.15) is 5.82 Å². The van der Waals surface area contributed by atoms with E-state index < -0.39 is 0 Å². The fourth-order valence-corrected chi connectivity index (χ4v) is 3.92. The van der Waals surface area contributed by atoms with Crippen molar-refractivity contribution in [1.29, 1.82) is 0 Å². The minimum Gasteiger partial charge on any atom is -0.326 e. The van der Waals surface area contributed by atoms with Gasteiger partial charge in [-0.3, -0.25) is 4.90 Å². The molecule has 2 nitrogen and oxygen atoms in total. The summed E-state index contributed by atoms with van der Waals surface area (Å²) in [7, 11) is 2.11. The fraction of sp³-hybridized carbons (Fsp3) is 0.529. The van der Waals surface area contributed by atoms with Gasteiger partial charge < -0.3 is 5.73 Å². The van der Waals surface area contributed by atoms with Crippen molar-refractivity contribution in [1.82, 2.24) is 4.90 Å². The lowest BCUT2D eigenvalue weighted by Gasteiger charge is -2.26. The van der Waals surface area contributed by atoms with Gasteiger partial charge in [-0.2, -0.15) is 0 Å². The van der Waals surface area contributed by atoms with Gasteiger partial charge in [0.05, 0.1) is 0 Å². The Morgan fingerprint density at radius 1 is 1.29 bits per heavy atom. The van der Waals surface area contributed by atoms with E-state index in [4.69, 9.17) is 5.73 Å². The highest BCUT2D eigenvalue weighted by Crippen LogP contribution is 2.34. The predicted molar refractivity (Wildman–Crippen MR) is 90.1 cm³/mol. The van der Waals surface area contributed by atoms with Crippen LogP contribution in [0.5, 0.6) is 0 Å². The summed E-state index contributed by atoms with van der Waals surface area (Å²) in [5, 5.41) is 0.756. The van der Waals surface area contributed by atoms with Crippen LogP contribution < -0.4 is 5.73 Å². The van der Waals surface area contributed by atoms with Crippen LogP contribution in [0.4, 0.5) is 4.39 Å². The Morgan fingerprint density at radius 3 is 2.62 bits per heavy atom. The largest absolute Gasteiger partial charge is 0.326 e. The number of rotatable bonds is 6. The number of halogens is 1. The molecule has 0 saturated carbocycles. The molecule has 21 heavy (non-hydrogen) atoms. The van der Waals surface area contributed by atoms with Crippen molar-refractivity contribution < 1.29 is 4.39 Å². The number of nitrogens with zero attached hydrogens (tertiary/aromatic N) is 1. The lowest BCUT2D eigenvalue weighted by Crippen LogP contribution is -2.30. The highest BCUT2D eigenvalue weighted by molar-refractivity contribution is 7.19. The van der Waals surface area contributed by atoms with Gasteiger partial charge in [0, 0.05) is 34.1 Å². The second-order valence-electron chi connectivity index (χ2n) is 6.21. The van der Waals surface area contributed by atoms with Crippen molar-refractivity contribution >= 4 is 21.4 Å². The molecule has 4 heteroatoms. The molecule has 2 rings (SSSR count). The van der Waals surface area contributed by atoms with Crippen LogP contribution in [0.15, 0.2) is 18.2 Å². The van der Waals surface area contributed by atoms with Crippen LogP contribution in [0, 0.1) is 11.7 Å². The number of benzene rings is 1. The molecular formula is C17H25FN2S. The molecule has 0 aliphatic heterocycles. The van der Waals surface area contributed by atoms with E-state index in [2.05, 4.69) is 32.7 Å². The quantitative estimate of drug-likeness (QED) is 0.859. The third-order valence-corrected chi connectivity index (χ3v) is 5.22. The minimum atomic E-state index is -0.136. The Labute approximate surface area is 130 Å². The molecule has 0 amide bonds. The van der Waals surface area contributed by atoms with E-state index in [0.29, 0.717) is 18.5 Å². The van der Waals surface area contributed by atoms with Gasteiger partial charge in [-0.05, 0) is 44.0 Å². The Morgan fingerprint density at radius 2 is 2.00 bits per heavy atom. The summed E-state index contributed by atoms with van der Waals surface area (Å²) >= 11 is 1.61. The molecule has 1 aromatic carbocycles. The normalized spacial score (nSPS) is 13.5. The maximum atomic E-state index is 14.2.